The van der Waals surface area contributed by atoms with Crippen molar-refractivity contribution >= 4 is 17.5 Å². The number of aromatic nitrogens is 3. The third kappa shape index (κ3) is 4.46. The molecule has 1 aromatic heterocycles. The first kappa shape index (κ1) is 22.1. The maximum Gasteiger partial charge on any atom is 0.352 e. The summed E-state index contributed by atoms with van der Waals surface area (Å²) in [6.45, 7) is 1.88. The Balaban J connectivity index is 2.25. The van der Waals surface area contributed by atoms with E-state index < -0.39 is 22.9 Å². The van der Waals surface area contributed by atoms with E-state index in [0.29, 0.717) is 34.3 Å². The summed E-state index contributed by atoms with van der Waals surface area (Å²) >= 11 is 6.21. The molecule has 0 bridgehead atoms. The number of rotatable bonds is 7. The lowest BCUT2D eigenvalue weighted by atomic mass is 10.2. The first-order chi connectivity index (χ1) is 14.9. The van der Waals surface area contributed by atoms with Gasteiger partial charge in [-0.05, 0) is 30.7 Å². The molecule has 0 fully saturated rings. The number of hydrogen-bond acceptors (Lipinski definition) is 6. The Bertz CT molecular complexity index is 1240. The summed E-state index contributed by atoms with van der Waals surface area (Å²) in [5.74, 6) is 0.124. The first-order valence-corrected chi connectivity index (χ1v) is 9.77. The second-order valence-electron chi connectivity index (χ2n) is 6.42. The van der Waals surface area contributed by atoms with Gasteiger partial charge in [-0.3, -0.25) is 14.2 Å². The number of benzene rings is 2. The van der Waals surface area contributed by atoms with Gasteiger partial charge >= 0.3 is 5.69 Å². The zero-order valence-corrected chi connectivity index (χ0v) is 18.0. The lowest BCUT2D eigenvalue weighted by Gasteiger charge is -2.14. The van der Waals surface area contributed by atoms with E-state index >= 15 is 0 Å². The van der Waals surface area contributed by atoms with E-state index in [4.69, 9.17) is 21.1 Å². The molecule has 31 heavy (non-hydrogen) atoms. The Morgan fingerprint density at radius 2 is 1.81 bits per heavy atom. The fraction of sp³-hybridized carbons (Fsp3) is 0.238. The predicted molar refractivity (Wildman–Crippen MR) is 116 cm³/mol. The van der Waals surface area contributed by atoms with Gasteiger partial charge in [-0.1, -0.05) is 29.8 Å². The highest BCUT2D eigenvalue weighted by atomic mass is 35.5. The van der Waals surface area contributed by atoms with Crippen LogP contribution in [0.2, 0.25) is 5.02 Å². The maximum atomic E-state index is 13.2. The van der Waals surface area contributed by atoms with Gasteiger partial charge in [-0.2, -0.15) is 9.78 Å². The number of ether oxygens (including phenoxy) is 2. The third-order valence-corrected chi connectivity index (χ3v) is 4.88. The number of hydrogen-bond donors (Lipinski definition) is 1. The topological polar surface area (TPSA) is 104 Å². The van der Waals surface area contributed by atoms with Crippen molar-refractivity contribution in [2.45, 2.75) is 13.5 Å². The fourth-order valence-electron chi connectivity index (χ4n) is 2.96. The fourth-order valence-corrected chi connectivity index (χ4v) is 3.16. The molecule has 9 nitrogen and oxygen atoms in total. The van der Waals surface area contributed by atoms with Gasteiger partial charge in [0.05, 0.1) is 26.5 Å². The molecule has 2 aromatic carbocycles. The number of methoxy groups -OCH3 is 2. The van der Waals surface area contributed by atoms with Gasteiger partial charge in [-0.15, -0.1) is 0 Å². The minimum absolute atomic E-state index is 0.125. The molecule has 1 N–H and O–H groups in total. The van der Waals surface area contributed by atoms with Crippen LogP contribution in [-0.4, -0.2) is 41.0 Å². The molecule has 0 aliphatic carbocycles. The monoisotopic (exact) mass is 444 g/mol. The summed E-state index contributed by atoms with van der Waals surface area (Å²) in [6, 6.07) is 11.5. The Morgan fingerprint density at radius 1 is 1.10 bits per heavy atom. The zero-order valence-electron chi connectivity index (χ0n) is 17.2. The molecule has 162 valence electrons. The number of nitrogens with one attached hydrogen (secondary N) is 1. The van der Waals surface area contributed by atoms with E-state index in [0.717, 1.165) is 9.25 Å². The van der Waals surface area contributed by atoms with Crippen molar-refractivity contribution in [3.05, 3.63) is 79.6 Å². The van der Waals surface area contributed by atoms with Crippen LogP contribution in [0.5, 0.6) is 11.5 Å². The Kier molecular flexibility index (Phi) is 6.76. The van der Waals surface area contributed by atoms with Crippen molar-refractivity contribution in [3.63, 3.8) is 0 Å². The first-order valence-electron chi connectivity index (χ1n) is 9.39. The summed E-state index contributed by atoms with van der Waals surface area (Å²) < 4.78 is 12.4. The van der Waals surface area contributed by atoms with Crippen LogP contribution in [0.15, 0.2) is 52.1 Å². The van der Waals surface area contributed by atoms with E-state index in [1.54, 1.807) is 43.3 Å². The predicted octanol–water partition coefficient (Wildman–Crippen LogP) is 1.86. The molecule has 3 aromatic rings. The van der Waals surface area contributed by atoms with Gasteiger partial charge in [0.1, 0.15) is 0 Å². The van der Waals surface area contributed by atoms with Crippen molar-refractivity contribution in [1.29, 1.82) is 0 Å². The minimum atomic E-state index is -0.812. The molecular weight excluding hydrogens is 424 g/mol. The van der Waals surface area contributed by atoms with Gasteiger partial charge in [-0.25, -0.2) is 4.79 Å². The molecule has 0 aliphatic heterocycles. The summed E-state index contributed by atoms with van der Waals surface area (Å²) in [5, 5.41) is 6.98. The molecule has 10 heteroatoms. The van der Waals surface area contributed by atoms with Crippen molar-refractivity contribution in [1.82, 2.24) is 19.7 Å². The number of carbonyl (C=O) groups is 1. The molecule has 1 heterocycles. The van der Waals surface area contributed by atoms with Crippen molar-refractivity contribution in [2.75, 3.05) is 20.8 Å². The normalized spacial score (nSPS) is 10.6. The highest BCUT2D eigenvalue weighted by Gasteiger charge is 2.21. The summed E-state index contributed by atoms with van der Waals surface area (Å²) in [7, 11) is 2.94. The second kappa shape index (κ2) is 9.48. The van der Waals surface area contributed by atoms with Crippen LogP contribution in [0.4, 0.5) is 0 Å². The third-order valence-electron chi connectivity index (χ3n) is 4.51. The molecule has 3 rings (SSSR count). The number of nitrogens with zero attached hydrogens (tertiary/aromatic N) is 3. The molecule has 0 radical (unpaired) electrons. The second-order valence-corrected chi connectivity index (χ2v) is 6.83. The van der Waals surface area contributed by atoms with E-state index in [9.17, 15) is 14.4 Å². The summed E-state index contributed by atoms with van der Waals surface area (Å²) in [5.41, 5.74) is -1.11. The van der Waals surface area contributed by atoms with Crippen LogP contribution >= 0.6 is 11.6 Å². The SMILES string of the molecule is CCNC(=O)c1nn(-c2ccc(OC)c(OC)c2)c(=O)n(Cc2ccccc2Cl)c1=O. The molecule has 0 aliphatic rings. The lowest BCUT2D eigenvalue weighted by Crippen LogP contribution is -2.46. The number of carbonyl (C=O) groups excluding carboxylic acids is 1. The summed E-state index contributed by atoms with van der Waals surface area (Å²) in [4.78, 5) is 38.7. The van der Waals surface area contributed by atoms with Crippen LogP contribution in [0.25, 0.3) is 5.69 Å². The maximum absolute atomic E-state index is 13.2. The highest BCUT2D eigenvalue weighted by molar-refractivity contribution is 6.31. The van der Waals surface area contributed by atoms with Crippen molar-refractivity contribution in [2.24, 2.45) is 0 Å². The average molecular weight is 445 g/mol. The smallest absolute Gasteiger partial charge is 0.352 e. The zero-order chi connectivity index (χ0) is 22.5. The molecule has 0 unspecified atom stereocenters. The van der Waals surface area contributed by atoms with Gasteiger partial charge < -0.3 is 14.8 Å². The molecule has 0 saturated heterocycles. The van der Waals surface area contributed by atoms with Gasteiger partial charge in [0, 0.05) is 17.6 Å². The Morgan fingerprint density at radius 3 is 2.45 bits per heavy atom. The minimum Gasteiger partial charge on any atom is -0.493 e. The standard InChI is InChI=1S/C21H21ClN4O5/c1-4-23-19(27)18-20(28)25(12-13-7-5-6-8-15(13)22)21(29)26(24-18)14-9-10-16(30-2)17(11-14)31-3/h5-11H,4,12H2,1-3H3,(H,23,27). The van der Waals surface area contributed by atoms with Crippen LogP contribution in [-0.2, 0) is 6.54 Å². The molecule has 0 atom stereocenters. The summed E-state index contributed by atoms with van der Waals surface area (Å²) in [6.07, 6.45) is 0. The van der Waals surface area contributed by atoms with Gasteiger partial charge in [0.25, 0.3) is 11.5 Å². The van der Waals surface area contributed by atoms with Crippen molar-refractivity contribution in [3.8, 4) is 17.2 Å². The Hall–Kier alpha value is -3.59. The van der Waals surface area contributed by atoms with Crippen LogP contribution < -0.4 is 26.0 Å². The van der Waals surface area contributed by atoms with Crippen LogP contribution in [0, 0.1) is 0 Å². The van der Waals surface area contributed by atoms with Gasteiger partial charge in [0.2, 0.25) is 5.69 Å². The van der Waals surface area contributed by atoms with E-state index in [2.05, 4.69) is 10.4 Å². The van der Waals surface area contributed by atoms with Crippen LogP contribution in [0.1, 0.15) is 23.0 Å². The number of halogens is 1. The van der Waals surface area contributed by atoms with E-state index in [1.807, 2.05) is 0 Å². The largest absolute Gasteiger partial charge is 0.493 e. The van der Waals surface area contributed by atoms with E-state index in [-0.39, 0.29) is 6.54 Å². The lowest BCUT2D eigenvalue weighted by molar-refractivity contribution is 0.0946. The van der Waals surface area contributed by atoms with E-state index in [1.165, 1.54) is 20.3 Å². The highest BCUT2D eigenvalue weighted by Crippen LogP contribution is 2.28. The molecule has 0 saturated carbocycles. The number of amides is 1. The quantitative estimate of drug-likeness (QED) is 0.596. The Labute approximate surface area is 182 Å². The molecular formula is C21H21ClN4O5. The van der Waals surface area contributed by atoms with Gasteiger partial charge in [0.15, 0.2) is 11.5 Å². The van der Waals surface area contributed by atoms with Crippen LogP contribution in [0.3, 0.4) is 0 Å². The molecule has 1 amide bonds. The molecule has 0 spiro atoms. The average Bonchev–Trinajstić information content (AvgIpc) is 2.77. The van der Waals surface area contributed by atoms with Crippen molar-refractivity contribution < 1.29 is 14.3 Å².